The molecular formula is C22H26BrNO3S. The van der Waals surface area contributed by atoms with Crippen molar-refractivity contribution in [2.45, 2.75) is 31.6 Å². The second kappa shape index (κ2) is 10.2. The first kappa shape index (κ1) is 21.1. The molecule has 1 saturated heterocycles. The minimum absolute atomic E-state index is 0.0136. The molecule has 0 bridgehead atoms. The standard InChI is InChI=1S/C22H26BrNO3S/c1-3-4-5-13-27-18-9-6-16(7-10-18)21(25)24-12-14-28-22(24)17-8-11-20(26-2)19(23)15-17/h6-11,15,22H,3-5,12-14H2,1-2H3. The van der Waals surface area contributed by atoms with Gasteiger partial charge >= 0.3 is 0 Å². The lowest BCUT2D eigenvalue weighted by molar-refractivity contribution is 0.0760. The van der Waals surface area contributed by atoms with Crippen LogP contribution >= 0.6 is 27.7 Å². The number of amides is 1. The fourth-order valence-corrected chi connectivity index (χ4v) is 5.00. The molecule has 6 heteroatoms. The van der Waals surface area contributed by atoms with Crippen LogP contribution in [0.5, 0.6) is 11.5 Å². The van der Waals surface area contributed by atoms with Gasteiger partial charge in [0.25, 0.3) is 5.91 Å². The Morgan fingerprint density at radius 3 is 2.68 bits per heavy atom. The van der Waals surface area contributed by atoms with Gasteiger partial charge in [-0.1, -0.05) is 25.8 Å². The van der Waals surface area contributed by atoms with Crippen LogP contribution < -0.4 is 9.47 Å². The number of halogens is 1. The molecule has 2 aromatic carbocycles. The molecule has 1 aliphatic rings. The van der Waals surface area contributed by atoms with E-state index in [0.29, 0.717) is 5.56 Å². The zero-order valence-electron chi connectivity index (χ0n) is 16.3. The Morgan fingerprint density at radius 1 is 1.21 bits per heavy atom. The number of nitrogens with zero attached hydrogens (tertiary/aromatic N) is 1. The van der Waals surface area contributed by atoms with Gasteiger partial charge < -0.3 is 14.4 Å². The van der Waals surface area contributed by atoms with E-state index in [1.165, 1.54) is 12.8 Å². The summed E-state index contributed by atoms with van der Waals surface area (Å²) in [6.45, 7) is 3.64. The van der Waals surface area contributed by atoms with Crippen LogP contribution in [-0.2, 0) is 0 Å². The number of methoxy groups -OCH3 is 1. The molecular weight excluding hydrogens is 438 g/mol. The molecule has 1 atom stereocenters. The van der Waals surface area contributed by atoms with Gasteiger partial charge in [0, 0.05) is 17.9 Å². The van der Waals surface area contributed by atoms with E-state index in [4.69, 9.17) is 9.47 Å². The molecule has 150 valence electrons. The van der Waals surface area contributed by atoms with Gasteiger partial charge in [-0.05, 0) is 64.3 Å². The minimum Gasteiger partial charge on any atom is -0.496 e. The van der Waals surface area contributed by atoms with Gasteiger partial charge in [0.05, 0.1) is 18.2 Å². The number of carbonyl (C=O) groups excluding carboxylic acids is 1. The van der Waals surface area contributed by atoms with E-state index in [1.807, 2.05) is 47.4 Å². The molecule has 0 spiro atoms. The topological polar surface area (TPSA) is 38.8 Å². The highest BCUT2D eigenvalue weighted by Gasteiger charge is 2.31. The Balaban J connectivity index is 1.68. The van der Waals surface area contributed by atoms with Crippen LogP contribution in [0.1, 0.15) is 47.5 Å². The number of hydrogen-bond acceptors (Lipinski definition) is 4. The Hall–Kier alpha value is -1.66. The van der Waals surface area contributed by atoms with Gasteiger partial charge in [-0.3, -0.25) is 4.79 Å². The summed E-state index contributed by atoms with van der Waals surface area (Å²) in [6, 6.07) is 13.5. The molecule has 0 N–H and O–H groups in total. The van der Waals surface area contributed by atoms with Crippen LogP contribution in [-0.4, -0.2) is 36.8 Å². The number of carbonyl (C=O) groups is 1. The predicted octanol–water partition coefficient (Wildman–Crippen LogP) is 5.91. The number of unbranched alkanes of at least 4 members (excludes halogenated alkanes) is 2. The maximum atomic E-state index is 13.1. The number of hydrogen-bond donors (Lipinski definition) is 0. The summed E-state index contributed by atoms with van der Waals surface area (Å²) in [4.78, 5) is 15.0. The first-order chi connectivity index (χ1) is 13.6. The summed E-state index contributed by atoms with van der Waals surface area (Å²) in [6.07, 6.45) is 3.41. The third kappa shape index (κ3) is 5.03. The summed E-state index contributed by atoms with van der Waals surface area (Å²) < 4.78 is 12.0. The van der Waals surface area contributed by atoms with Gasteiger partial charge in [-0.15, -0.1) is 11.8 Å². The lowest BCUT2D eigenvalue weighted by Gasteiger charge is -2.24. The quantitative estimate of drug-likeness (QED) is 0.455. The van der Waals surface area contributed by atoms with Gasteiger partial charge in [0.15, 0.2) is 0 Å². The first-order valence-electron chi connectivity index (χ1n) is 9.63. The fourth-order valence-electron chi connectivity index (χ4n) is 3.19. The van der Waals surface area contributed by atoms with Gasteiger partial charge in [-0.2, -0.15) is 0 Å². The van der Waals surface area contributed by atoms with E-state index in [-0.39, 0.29) is 11.3 Å². The predicted molar refractivity (Wildman–Crippen MR) is 118 cm³/mol. The molecule has 4 nitrogen and oxygen atoms in total. The molecule has 0 aliphatic carbocycles. The normalized spacial score (nSPS) is 16.2. The second-order valence-electron chi connectivity index (χ2n) is 6.70. The van der Waals surface area contributed by atoms with E-state index < -0.39 is 0 Å². The Kier molecular flexibility index (Phi) is 7.68. The van der Waals surface area contributed by atoms with Crippen LogP contribution in [0.4, 0.5) is 0 Å². The van der Waals surface area contributed by atoms with Crippen molar-refractivity contribution in [1.82, 2.24) is 4.90 Å². The summed E-state index contributed by atoms with van der Waals surface area (Å²) in [5.74, 6) is 2.59. The van der Waals surface area contributed by atoms with Crippen molar-refractivity contribution in [3.8, 4) is 11.5 Å². The zero-order chi connectivity index (χ0) is 19.9. The fraction of sp³-hybridized carbons (Fsp3) is 0.409. The monoisotopic (exact) mass is 463 g/mol. The average molecular weight is 464 g/mol. The molecule has 1 heterocycles. The third-order valence-corrected chi connectivity index (χ3v) is 6.61. The SMILES string of the molecule is CCCCCOc1ccc(C(=O)N2CCSC2c2ccc(OC)c(Br)c2)cc1. The molecule has 1 amide bonds. The zero-order valence-corrected chi connectivity index (χ0v) is 18.7. The maximum absolute atomic E-state index is 13.1. The molecule has 0 aromatic heterocycles. The lowest BCUT2D eigenvalue weighted by Crippen LogP contribution is -2.30. The molecule has 0 saturated carbocycles. The third-order valence-electron chi connectivity index (χ3n) is 4.73. The van der Waals surface area contributed by atoms with Crippen molar-refractivity contribution in [2.75, 3.05) is 26.0 Å². The number of benzene rings is 2. The van der Waals surface area contributed by atoms with Crippen molar-refractivity contribution in [2.24, 2.45) is 0 Å². The lowest BCUT2D eigenvalue weighted by atomic mass is 10.1. The summed E-state index contributed by atoms with van der Waals surface area (Å²) in [5, 5.41) is 0.0136. The molecule has 2 aromatic rings. The van der Waals surface area contributed by atoms with Crippen molar-refractivity contribution in [3.63, 3.8) is 0 Å². The smallest absolute Gasteiger partial charge is 0.255 e. The van der Waals surface area contributed by atoms with Gasteiger partial charge in [-0.25, -0.2) is 0 Å². The molecule has 1 aliphatic heterocycles. The molecule has 0 radical (unpaired) electrons. The van der Waals surface area contributed by atoms with Crippen LogP contribution in [0.2, 0.25) is 0 Å². The number of rotatable bonds is 8. The van der Waals surface area contributed by atoms with Crippen LogP contribution in [0, 0.1) is 0 Å². The van der Waals surface area contributed by atoms with Crippen LogP contribution in [0.15, 0.2) is 46.9 Å². The Morgan fingerprint density at radius 2 is 2.00 bits per heavy atom. The van der Waals surface area contributed by atoms with Crippen molar-refractivity contribution >= 4 is 33.6 Å². The highest BCUT2D eigenvalue weighted by atomic mass is 79.9. The number of thioether (sulfide) groups is 1. The van der Waals surface area contributed by atoms with Crippen LogP contribution in [0.3, 0.4) is 0 Å². The highest BCUT2D eigenvalue weighted by Crippen LogP contribution is 2.41. The summed E-state index contributed by atoms with van der Waals surface area (Å²) in [5.41, 5.74) is 1.79. The van der Waals surface area contributed by atoms with E-state index in [9.17, 15) is 4.79 Å². The highest BCUT2D eigenvalue weighted by molar-refractivity contribution is 9.10. The average Bonchev–Trinajstić information content (AvgIpc) is 3.21. The van der Waals surface area contributed by atoms with Crippen molar-refractivity contribution < 1.29 is 14.3 Å². The minimum atomic E-state index is 0.0136. The van der Waals surface area contributed by atoms with Gasteiger partial charge in [0.1, 0.15) is 16.9 Å². The summed E-state index contributed by atoms with van der Waals surface area (Å²) in [7, 11) is 1.65. The van der Waals surface area contributed by atoms with Crippen LogP contribution in [0.25, 0.3) is 0 Å². The van der Waals surface area contributed by atoms with E-state index in [2.05, 4.69) is 22.9 Å². The second-order valence-corrected chi connectivity index (χ2v) is 8.74. The van der Waals surface area contributed by atoms with Gasteiger partial charge in [0.2, 0.25) is 0 Å². The van der Waals surface area contributed by atoms with Crippen molar-refractivity contribution in [3.05, 3.63) is 58.1 Å². The first-order valence-corrected chi connectivity index (χ1v) is 11.5. The van der Waals surface area contributed by atoms with E-state index in [0.717, 1.165) is 46.9 Å². The van der Waals surface area contributed by atoms with E-state index in [1.54, 1.807) is 18.9 Å². The van der Waals surface area contributed by atoms with Crippen molar-refractivity contribution in [1.29, 1.82) is 0 Å². The molecule has 1 unspecified atom stereocenters. The molecule has 1 fully saturated rings. The Bertz CT molecular complexity index is 797. The number of ether oxygens (including phenoxy) is 2. The largest absolute Gasteiger partial charge is 0.496 e. The molecule has 3 rings (SSSR count). The Labute approximate surface area is 179 Å². The van der Waals surface area contributed by atoms with E-state index >= 15 is 0 Å². The molecule has 28 heavy (non-hydrogen) atoms. The summed E-state index contributed by atoms with van der Waals surface area (Å²) >= 11 is 5.33. The maximum Gasteiger partial charge on any atom is 0.255 e.